The molecule has 1 aromatic rings. The molecule has 2 fully saturated rings. The Morgan fingerprint density at radius 3 is 2.61 bits per heavy atom. The third-order valence-corrected chi connectivity index (χ3v) is 4.00. The van der Waals surface area contributed by atoms with E-state index in [0.717, 1.165) is 37.1 Å². The number of hydrogen-bond donors (Lipinski definition) is 1. The molecule has 1 saturated carbocycles. The fraction of sp³-hybridized carbons (Fsp3) is 0.600. The second-order valence-electron chi connectivity index (χ2n) is 5.70. The normalized spacial score (nSPS) is 26.9. The van der Waals surface area contributed by atoms with Crippen LogP contribution in [-0.4, -0.2) is 36.2 Å². The lowest BCUT2D eigenvalue weighted by molar-refractivity contribution is 0.104. The van der Waals surface area contributed by atoms with E-state index in [1.807, 2.05) is 24.3 Å². The SMILES string of the molecule is CN1CCCC(Oc2ccc(C3(O)CC3)cc2)C1. The Bertz CT molecular complexity index is 411. The number of nitrogens with zero attached hydrogens (tertiary/aromatic N) is 1. The zero-order valence-corrected chi connectivity index (χ0v) is 10.9. The highest BCUT2D eigenvalue weighted by Crippen LogP contribution is 2.45. The minimum Gasteiger partial charge on any atom is -0.489 e. The van der Waals surface area contributed by atoms with Crippen LogP contribution in [0.3, 0.4) is 0 Å². The molecule has 1 heterocycles. The van der Waals surface area contributed by atoms with E-state index in [1.54, 1.807) is 0 Å². The van der Waals surface area contributed by atoms with Crippen LogP contribution in [0.15, 0.2) is 24.3 Å². The summed E-state index contributed by atoms with van der Waals surface area (Å²) >= 11 is 0. The largest absolute Gasteiger partial charge is 0.489 e. The van der Waals surface area contributed by atoms with Gasteiger partial charge in [0.05, 0.1) is 5.60 Å². The van der Waals surface area contributed by atoms with Gasteiger partial charge in [0.15, 0.2) is 0 Å². The van der Waals surface area contributed by atoms with E-state index < -0.39 is 5.60 Å². The van der Waals surface area contributed by atoms with Crippen molar-refractivity contribution >= 4 is 0 Å². The number of hydrogen-bond acceptors (Lipinski definition) is 3. The van der Waals surface area contributed by atoms with E-state index in [0.29, 0.717) is 6.10 Å². The summed E-state index contributed by atoms with van der Waals surface area (Å²) in [7, 11) is 2.14. The van der Waals surface area contributed by atoms with Gasteiger partial charge in [-0.05, 0) is 57.0 Å². The summed E-state index contributed by atoms with van der Waals surface area (Å²) in [4.78, 5) is 2.31. The predicted molar refractivity (Wildman–Crippen MR) is 70.7 cm³/mol. The first-order valence-corrected chi connectivity index (χ1v) is 6.84. The molecule has 1 unspecified atom stereocenters. The van der Waals surface area contributed by atoms with Gasteiger partial charge in [-0.15, -0.1) is 0 Å². The highest BCUT2D eigenvalue weighted by molar-refractivity contribution is 5.33. The van der Waals surface area contributed by atoms with Crippen LogP contribution in [0.4, 0.5) is 0 Å². The standard InChI is InChI=1S/C15H21NO2/c1-16-10-2-3-14(11-16)18-13-6-4-12(5-7-13)15(17)8-9-15/h4-7,14,17H,2-3,8-11H2,1H3. The first-order valence-electron chi connectivity index (χ1n) is 6.84. The molecule has 2 aliphatic rings. The fourth-order valence-corrected chi connectivity index (χ4v) is 2.66. The van der Waals surface area contributed by atoms with E-state index in [4.69, 9.17) is 4.74 Å². The van der Waals surface area contributed by atoms with E-state index in [2.05, 4.69) is 11.9 Å². The Hall–Kier alpha value is -1.06. The third-order valence-electron chi connectivity index (χ3n) is 4.00. The first-order chi connectivity index (χ1) is 8.66. The van der Waals surface area contributed by atoms with Gasteiger partial charge in [-0.25, -0.2) is 0 Å². The Labute approximate surface area is 108 Å². The molecule has 1 aliphatic heterocycles. The van der Waals surface area contributed by atoms with E-state index in [1.165, 1.54) is 13.0 Å². The molecule has 0 aromatic heterocycles. The molecule has 1 saturated heterocycles. The lowest BCUT2D eigenvalue weighted by atomic mass is 10.1. The molecule has 3 rings (SSSR count). The van der Waals surface area contributed by atoms with Crippen molar-refractivity contribution in [2.24, 2.45) is 0 Å². The number of likely N-dealkylation sites (N-methyl/N-ethyl adjacent to an activating group) is 1. The Morgan fingerprint density at radius 2 is 2.00 bits per heavy atom. The molecule has 0 bridgehead atoms. The summed E-state index contributed by atoms with van der Waals surface area (Å²) in [6.45, 7) is 2.18. The zero-order valence-electron chi connectivity index (χ0n) is 10.9. The molecular weight excluding hydrogens is 226 g/mol. The Balaban J connectivity index is 1.62. The molecule has 1 N–H and O–H groups in total. The van der Waals surface area contributed by atoms with Crippen LogP contribution in [0.1, 0.15) is 31.2 Å². The van der Waals surface area contributed by atoms with Crippen molar-refractivity contribution in [3.05, 3.63) is 29.8 Å². The second kappa shape index (κ2) is 4.56. The summed E-state index contributed by atoms with van der Waals surface area (Å²) in [5.74, 6) is 0.920. The monoisotopic (exact) mass is 247 g/mol. The van der Waals surface area contributed by atoms with Crippen molar-refractivity contribution in [2.75, 3.05) is 20.1 Å². The fourth-order valence-electron chi connectivity index (χ4n) is 2.66. The molecule has 1 aliphatic carbocycles. The highest BCUT2D eigenvalue weighted by atomic mass is 16.5. The van der Waals surface area contributed by atoms with Crippen LogP contribution in [0.2, 0.25) is 0 Å². The van der Waals surface area contributed by atoms with Crippen LogP contribution in [0.25, 0.3) is 0 Å². The van der Waals surface area contributed by atoms with Gasteiger partial charge in [0.25, 0.3) is 0 Å². The smallest absolute Gasteiger partial charge is 0.119 e. The number of aliphatic hydroxyl groups is 1. The highest BCUT2D eigenvalue weighted by Gasteiger charge is 2.41. The maximum Gasteiger partial charge on any atom is 0.119 e. The number of likely N-dealkylation sites (tertiary alicyclic amines) is 1. The quantitative estimate of drug-likeness (QED) is 0.888. The van der Waals surface area contributed by atoms with Crippen molar-refractivity contribution in [3.63, 3.8) is 0 Å². The number of ether oxygens (including phenoxy) is 1. The zero-order chi connectivity index (χ0) is 12.6. The summed E-state index contributed by atoms with van der Waals surface area (Å²) in [6, 6.07) is 7.96. The van der Waals surface area contributed by atoms with Gasteiger partial charge >= 0.3 is 0 Å². The molecule has 3 nitrogen and oxygen atoms in total. The Kier molecular flexibility index (Phi) is 3.04. The molecule has 3 heteroatoms. The average Bonchev–Trinajstić information content (AvgIpc) is 3.09. The van der Waals surface area contributed by atoms with Crippen molar-refractivity contribution in [1.29, 1.82) is 0 Å². The summed E-state index contributed by atoms with van der Waals surface area (Å²) in [5, 5.41) is 10.00. The molecule has 0 amide bonds. The van der Waals surface area contributed by atoms with E-state index in [9.17, 15) is 5.11 Å². The van der Waals surface area contributed by atoms with Gasteiger partial charge < -0.3 is 14.7 Å². The summed E-state index contributed by atoms with van der Waals surface area (Å²) < 4.78 is 5.99. The summed E-state index contributed by atoms with van der Waals surface area (Å²) in [5.41, 5.74) is 0.486. The van der Waals surface area contributed by atoms with Gasteiger partial charge in [0.1, 0.15) is 11.9 Å². The van der Waals surface area contributed by atoms with Gasteiger partial charge in [0.2, 0.25) is 0 Å². The van der Waals surface area contributed by atoms with Crippen LogP contribution in [0.5, 0.6) is 5.75 Å². The Morgan fingerprint density at radius 1 is 1.28 bits per heavy atom. The topological polar surface area (TPSA) is 32.7 Å². The minimum atomic E-state index is -0.538. The van der Waals surface area contributed by atoms with Crippen LogP contribution >= 0.6 is 0 Å². The number of piperidine rings is 1. The number of rotatable bonds is 3. The summed E-state index contributed by atoms with van der Waals surface area (Å²) in [6.07, 6.45) is 4.43. The third kappa shape index (κ3) is 2.52. The van der Waals surface area contributed by atoms with Gasteiger partial charge in [-0.2, -0.15) is 0 Å². The van der Waals surface area contributed by atoms with Crippen molar-refractivity contribution in [1.82, 2.24) is 4.90 Å². The van der Waals surface area contributed by atoms with Crippen LogP contribution in [-0.2, 0) is 5.60 Å². The van der Waals surface area contributed by atoms with E-state index in [-0.39, 0.29) is 0 Å². The molecule has 0 spiro atoms. The van der Waals surface area contributed by atoms with Crippen molar-refractivity contribution in [2.45, 2.75) is 37.4 Å². The maximum absolute atomic E-state index is 10.00. The van der Waals surface area contributed by atoms with Crippen LogP contribution in [0, 0.1) is 0 Å². The molecule has 1 aromatic carbocycles. The average molecular weight is 247 g/mol. The van der Waals surface area contributed by atoms with Crippen molar-refractivity contribution in [3.8, 4) is 5.75 Å². The van der Waals surface area contributed by atoms with Gasteiger partial charge in [-0.3, -0.25) is 0 Å². The first kappa shape index (κ1) is 12.0. The van der Waals surface area contributed by atoms with Gasteiger partial charge in [0, 0.05) is 6.54 Å². The molecule has 18 heavy (non-hydrogen) atoms. The van der Waals surface area contributed by atoms with Gasteiger partial charge in [-0.1, -0.05) is 12.1 Å². The molecule has 1 atom stereocenters. The van der Waals surface area contributed by atoms with E-state index >= 15 is 0 Å². The minimum absolute atomic E-state index is 0.304. The lowest BCUT2D eigenvalue weighted by Crippen LogP contribution is -2.38. The predicted octanol–water partition coefficient (Wildman–Crippen LogP) is 2.14. The second-order valence-corrected chi connectivity index (χ2v) is 5.70. The number of benzene rings is 1. The lowest BCUT2D eigenvalue weighted by Gasteiger charge is -2.30. The molecule has 0 radical (unpaired) electrons. The maximum atomic E-state index is 10.00. The van der Waals surface area contributed by atoms with Crippen molar-refractivity contribution < 1.29 is 9.84 Å². The van der Waals surface area contributed by atoms with Crippen LogP contribution < -0.4 is 4.74 Å². The molecular formula is C15H21NO2. The molecule has 98 valence electrons.